The highest BCUT2D eigenvalue weighted by atomic mass is 19.1. The van der Waals surface area contributed by atoms with Crippen molar-refractivity contribution in [1.82, 2.24) is 15.3 Å². The van der Waals surface area contributed by atoms with Crippen molar-refractivity contribution in [3.63, 3.8) is 0 Å². The summed E-state index contributed by atoms with van der Waals surface area (Å²) in [6.07, 6.45) is 1.55. The number of H-pyrrole nitrogens is 1. The molecule has 1 atom stereocenters. The van der Waals surface area contributed by atoms with Crippen LogP contribution in [-0.2, 0) is 0 Å². The normalized spacial score (nSPS) is 17.7. The number of hydrogen-bond donors (Lipinski definition) is 2. The molecule has 0 bridgehead atoms. The maximum atomic E-state index is 14.1. The summed E-state index contributed by atoms with van der Waals surface area (Å²) in [4.78, 5) is 20.6. The second-order valence-corrected chi connectivity index (χ2v) is 5.31. The van der Waals surface area contributed by atoms with E-state index in [1.54, 1.807) is 24.5 Å². The number of carbonyl (C=O) groups excluding carboxylic acids is 1. The van der Waals surface area contributed by atoms with Crippen molar-refractivity contribution in [3.8, 4) is 0 Å². The summed E-state index contributed by atoms with van der Waals surface area (Å²) in [6, 6.07) is 7.75. The van der Waals surface area contributed by atoms with Crippen LogP contribution in [0.4, 0.5) is 19.3 Å². The smallest absolute Gasteiger partial charge is 0.322 e. The maximum absolute atomic E-state index is 14.1. The number of halogens is 2. The monoisotopic (exact) mass is 314 g/mol. The largest absolute Gasteiger partial charge is 0.345 e. The van der Waals surface area contributed by atoms with Crippen molar-refractivity contribution in [3.05, 3.63) is 59.9 Å². The van der Waals surface area contributed by atoms with Gasteiger partial charge in [-0.15, -0.1) is 0 Å². The molecule has 2 aromatic carbocycles. The molecular weight excluding hydrogens is 302 g/mol. The van der Waals surface area contributed by atoms with Gasteiger partial charge >= 0.3 is 6.03 Å². The lowest BCUT2D eigenvalue weighted by atomic mass is 10.0. The topological polar surface area (TPSA) is 61.0 Å². The molecule has 2 N–H and O–H groups in total. The van der Waals surface area contributed by atoms with Crippen LogP contribution in [0.5, 0.6) is 0 Å². The molecule has 1 aromatic heterocycles. The third-order valence-corrected chi connectivity index (χ3v) is 3.99. The van der Waals surface area contributed by atoms with Crippen LogP contribution in [0.2, 0.25) is 0 Å². The highest BCUT2D eigenvalue weighted by Crippen LogP contribution is 2.34. The number of amides is 2. The first-order valence-electron chi connectivity index (χ1n) is 7.09. The minimum atomic E-state index is -0.746. The van der Waals surface area contributed by atoms with Crippen molar-refractivity contribution < 1.29 is 13.6 Å². The van der Waals surface area contributed by atoms with Gasteiger partial charge in [-0.25, -0.2) is 18.6 Å². The van der Waals surface area contributed by atoms with Gasteiger partial charge in [0.2, 0.25) is 0 Å². The average Bonchev–Trinajstić information content (AvgIpc) is 3.13. The summed E-state index contributed by atoms with van der Waals surface area (Å²) in [5.74, 6) is -1.33. The van der Waals surface area contributed by atoms with Crippen molar-refractivity contribution >= 4 is 22.8 Å². The number of imidazole rings is 1. The van der Waals surface area contributed by atoms with Gasteiger partial charge in [0.05, 0.1) is 23.4 Å². The van der Waals surface area contributed by atoms with Crippen molar-refractivity contribution in [1.29, 1.82) is 0 Å². The summed E-state index contributed by atoms with van der Waals surface area (Å²) >= 11 is 0. The molecule has 0 radical (unpaired) electrons. The van der Waals surface area contributed by atoms with Gasteiger partial charge in [-0.2, -0.15) is 0 Å². The zero-order chi connectivity index (χ0) is 16.0. The second-order valence-electron chi connectivity index (χ2n) is 5.31. The summed E-state index contributed by atoms with van der Waals surface area (Å²) < 4.78 is 28.2. The molecule has 1 aliphatic heterocycles. The van der Waals surface area contributed by atoms with E-state index < -0.39 is 23.7 Å². The molecule has 0 saturated carbocycles. The zero-order valence-electron chi connectivity index (χ0n) is 11.9. The lowest BCUT2D eigenvalue weighted by molar-refractivity contribution is 0.251. The standard InChI is InChI=1S/C16H12F2N4O/c17-10-2-1-3-11(18)15(10)14-7-19-16(23)22(14)9-4-5-12-13(6-9)21-8-20-12/h1-6,8,14H,7H2,(H,19,23)(H,20,21). The van der Waals surface area contributed by atoms with E-state index in [0.29, 0.717) is 5.69 Å². The Morgan fingerprint density at radius 1 is 1.17 bits per heavy atom. The molecule has 23 heavy (non-hydrogen) atoms. The molecule has 1 aliphatic rings. The van der Waals surface area contributed by atoms with Gasteiger partial charge < -0.3 is 10.3 Å². The van der Waals surface area contributed by atoms with Gasteiger partial charge in [-0.3, -0.25) is 4.90 Å². The third-order valence-electron chi connectivity index (χ3n) is 3.99. The predicted molar refractivity (Wildman–Crippen MR) is 81.1 cm³/mol. The van der Waals surface area contributed by atoms with E-state index in [1.165, 1.54) is 23.1 Å². The maximum Gasteiger partial charge on any atom is 0.322 e. The number of nitrogens with one attached hydrogen (secondary N) is 2. The highest BCUT2D eigenvalue weighted by molar-refractivity contribution is 5.97. The number of nitrogens with zero attached hydrogens (tertiary/aromatic N) is 2. The molecule has 2 amide bonds. The first-order chi connectivity index (χ1) is 11.1. The third kappa shape index (κ3) is 2.12. The molecule has 116 valence electrons. The van der Waals surface area contributed by atoms with Crippen LogP contribution >= 0.6 is 0 Å². The Morgan fingerprint density at radius 2 is 1.96 bits per heavy atom. The number of carbonyl (C=O) groups is 1. The van der Waals surface area contributed by atoms with Crippen LogP contribution in [0.25, 0.3) is 11.0 Å². The molecule has 0 aliphatic carbocycles. The fraction of sp³-hybridized carbons (Fsp3) is 0.125. The summed E-state index contributed by atoms with van der Waals surface area (Å²) in [6.45, 7) is 0.137. The second kappa shape index (κ2) is 5.05. The van der Waals surface area contributed by atoms with Crippen molar-refractivity contribution in [2.45, 2.75) is 6.04 Å². The number of hydrogen-bond acceptors (Lipinski definition) is 2. The van der Waals surface area contributed by atoms with Gasteiger partial charge in [0.15, 0.2) is 0 Å². The van der Waals surface area contributed by atoms with Crippen LogP contribution in [0, 0.1) is 11.6 Å². The number of anilines is 1. The van der Waals surface area contributed by atoms with Crippen LogP contribution in [0.15, 0.2) is 42.7 Å². The minimum Gasteiger partial charge on any atom is -0.345 e. The number of urea groups is 1. The highest BCUT2D eigenvalue weighted by Gasteiger charge is 2.36. The Morgan fingerprint density at radius 3 is 2.74 bits per heavy atom. The number of fused-ring (bicyclic) bond motifs is 1. The molecule has 1 fully saturated rings. The molecule has 1 unspecified atom stereocenters. The lowest BCUT2D eigenvalue weighted by Gasteiger charge is -2.24. The Bertz CT molecular complexity index is 888. The van der Waals surface area contributed by atoms with E-state index in [-0.39, 0.29) is 12.1 Å². The van der Waals surface area contributed by atoms with Crippen LogP contribution in [0.1, 0.15) is 11.6 Å². The molecule has 5 nitrogen and oxygen atoms in total. The molecule has 7 heteroatoms. The SMILES string of the molecule is O=C1NCC(c2c(F)cccc2F)N1c1ccc2nc[nH]c2c1. The fourth-order valence-corrected chi connectivity index (χ4v) is 2.93. The zero-order valence-corrected chi connectivity index (χ0v) is 11.9. The Labute approximate surface area is 129 Å². The molecular formula is C16H12F2N4O. The molecule has 3 aromatic rings. The number of aromatic nitrogens is 2. The van der Waals surface area contributed by atoms with E-state index in [0.717, 1.165) is 11.0 Å². The van der Waals surface area contributed by atoms with Crippen LogP contribution < -0.4 is 10.2 Å². The van der Waals surface area contributed by atoms with Crippen molar-refractivity contribution in [2.75, 3.05) is 11.4 Å². The minimum absolute atomic E-state index is 0.115. The van der Waals surface area contributed by atoms with Crippen LogP contribution in [0.3, 0.4) is 0 Å². The Kier molecular flexibility index (Phi) is 3.00. The summed E-state index contributed by atoms with van der Waals surface area (Å²) in [5.41, 5.74) is 1.93. The number of rotatable bonds is 2. The van der Waals surface area contributed by atoms with Crippen LogP contribution in [-0.4, -0.2) is 22.5 Å². The van der Waals surface area contributed by atoms with E-state index in [9.17, 15) is 13.6 Å². The van der Waals surface area contributed by atoms with Gasteiger partial charge in [0.25, 0.3) is 0 Å². The van der Waals surface area contributed by atoms with Gasteiger partial charge in [0, 0.05) is 17.8 Å². The van der Waals surface area contributed by atoms with E-state index >= 15 is 0 Å². The molecule has 1 saturated heterocycles. The van der Waals surface area contributed by atoms with Gasteiger partial charge in [-0.05, 0) is 30.3 Å². The first kappa shape index (κ1) is 13.7. The predicted octanol–water partition coefficient (Wildman–Crippen LogP) is 3.11. The van der Waals surface area contributed by atoms with E-state index in [4.69, 9.17) is 0 Å². The number of aromatic amines is 1. The first-order valence-corrected chi connectivity index (χ1v) is 7.09. The fourth-order valence-electron chi connectivity index (χ4n) is 2.93. The summed E-state index contributed by atoms with van der Waals surface area (Å²) in [5, 5.41) is 2.64. The van der Waals surface area contributed by atoms with Crippen molar-refractivity contribution in [2.24, 2.45) is 0 Å². The van der Waals surface area contributed by atoms with Gasteiger partial charge in [-0.1, -0.05) is 6.07 Å². The van der Waals surface area contributed by atoms with E-state index in [2.05, 4.69) is 15.3 Å². The lowest BCUT2D eigenvalue weighted by Crippen LogP contribution is -2.30. The Hall–Kier alpha value is -2.96. The molecule has 0 spiro atoms. The van der Waals surface area contributed by atoms with Gasteiger partial charge in [0.1, 0.15) is 11.6 Å². The quantitative estimate of drug-likeness (QED) is 0.763. The molecule has 4 rings (SSSR count). The Balaban J connectivity index is 1.82. The van der Waals surface area contributed by atoms with E-state index in [1.807, 2.05) is 0 Å². The summed E-state index contributed by atoms with van der Waals surface area (Å²) in [7, 11) is 0. The molecule has 2 heterocycles. The average molecular weight is 314 g/mol. The number of benzene rings is 2.